The summed E-state index contributed by atoms with van der Waals surface area (Å²) >= 11 is 3.42. The molecule has 0 aliphatic heterocycles. The molecule has 0 radical (unpaired) electrons. The van der Waals surface area contributed by atoms with Crippen LogP contribution in [0.5, 0.6) is 0 Å². The van der Waals surface area contributed by atoms with E-state index in [9.17, 15) is 0 Å². The Bertz CT molecular complexity index is 413. The third-order valence-corrected chi connectivity index (χ3v) is 2.60. The van der Waals surface area contributed by atoms with E-state index >= 15 is 0 Å². The van der Waals surface area contributed by atoms with E-state index < -0.39 is 0 Å². The van der Waals surface area contributed by atoms with Crippen LogP contribution in [0.1, 0.15) is 17.4 Å². The van der Waals surface area contributed by atoms with Gasteiger partial charge < -0.3 is 5.73 Å². The number of H-pyrrole nitrogens is 1. The summed E-state index contributed by atoms with van der Waals surface area (Å²) in [5.74, 6) is 0.483. The van der Waals surface area contributed by atoms with Gasteiger partial charge in [-0.1, -0.05) is 39.3 Å². The molecule has 0 aliphatic rings. The molecule has 0 amide bonds. The lowest BCUT2D eigenvalue weighted by Gasteiger charge is -2.08. The van der Waals surface area contributed by atoms with Crippen molar-refractivity contribution in [2.24, 2.45) is 5.73 Å². The minimum Gasteiger partial charge on any atom is -0.317 e. The molecule has 2 aromatic rings. The van der Waals surface area contributed by atoms with Crippen molar-refractivity contribution in [2.75, 3.05) is 0 Å². The van der Waals surface area contributed by atoms with Crippen LogP contribution in [-0.2, 0) is 0 Å². The molecule has 14 heavy (non-hydrogen) atoms. The zero-order valence-corrected chi connectivity index (χ0v) is 8.77. The summed E-state index contributed by atoms with van der Waals surface area (Å²) < 4.78 is 0.942. The Morgan fingerprint density at radius 1 is 1.36 bits per heavy atom. The van der Waals surface area contributed by atoms with E-state index in [0.717, 1.165) is 10.0 Å². The number of nitrogens with two attached hydrogens (primary N) is 1. The van der Waals surface area contributed by atoms with Gasteiger partial charge in [0, 0.05) is 4.47 Å². The summed E-state index contributed by atoms with van der Waals surface area (Å²) in [5.41, 5.74) is 6.89. The van der Waals surface area contributed by atoms with Gasteiger partial charge in [-0.15, -0.1) is 10.2 Å². The highest BCUT2D eigenvalue weighted by atomic mass is 79.9. The van der Waals surface area contributed by atoms with E-state index in [1.807, 2.05) is 24.3 Å². The highest BCUT2D eigenvalue weighted by molar-refractivity contribution is 9.10. The number of tetrazole rings is 1. The molecule has 0 spiro atoms. The Hall–Kier alpha value is -1.27. The molecule has 0 fully saturated rings. The van der Waals surface area contributed by atoms with Crippen molar-refractivity contribution < 1.29 is 0 Å². The van der Waals surface area contributed by atoms with Crippen molar-refractivity contribution in [1.82, 2.24) is 20.6 Å². The molecule has 2 rings (SSSR count). The highest BCUT2D eigenvalue weighted by Crippen LogP contribution is 2.23. The number of hydrogen-bond donors (Lipinski definition) is 2. The number of aromatic amines is 1. The van der Waals surface area contributed by atoms with Crippen LogP contribution in [-0.4, -0.2) is 20.6 Å². The second kappa shape index (κ2) is 3.85. The molecule has 1 aromatic carbocycles. The molecule has 1 heterocycles. The maximum absolute atomic E-state index is 5.95. The molecular formula is C8H8BrN5. The van der Waals surface area contributed by atoms with Crippen molar-refractivity contribution in [3.05, 3.63) is 40.1 Å². The number of hydrogen-bond acceptors (Lipinski definition) is 4. The normalized spacial score (nSPS) is 12.7. The smallest absolute Gasteiger partial charge is 0.195 e. The summed E-state index contributed by atoms with van der Waals surface area (Å²) in [6, 6.07) is 7.33. The predicted molar refractivity (Wildman–Crippen MR) is 54.4 cm³/mol. The lowest BCUT2D eigenvalue weighted by atomic mass is 10.1. The second-order valence-electron chi connectivity index (χ2n) is 2.77. The molecule has 72 valence electrons. The van der Waals surface area contributed by atoms with Gasteiger partial charge in [-0.25, -0.2) is 0 Å². The van der Waals surface area contributed by atoms with E-state index in [1.165, 1.54) is 0 Å². The van der Waals surface area contributed by atoms with E-state index in [2.05, 4.69) is 36.6 Å². The van der Waals surface area contributed by atoms with Crippen molar-refractivity contribution in [3.63, 3.8) is 0 Å². The first-order valence-corrected chi connectivity index (χ1v) is 4.81. The van der Waals surface area contributed by atoms with Crippen LogP contribution < -0.4 is 5.73 Å². The second-order valence-corrected chi connectivity index (χ2v) is 3.62. The fourth-order valence-corrected chi connectivity index (χ4v) is 1.70. The van der Waals surface area contributed by atoms with Crippen LogP contribution in [0.3, 0.4) is 0 Å². The zero-order valence-electron chi connectivity index (χ0n) is 7.18. The fraction of sp³-hybridized carbons (Fsp3) is 0.125. The van der Waals surface area contributed by atoms with Gasteiger partial charge in [0.15, 0.2) is 5.82 Å². The fourth-order valence-electron chi connectivity index (χ4n) is 1.17. The molecule has 5 nitrogen and oxygen atoms in total. The van der Waals surface area contributed by atoms with Crippen molar-refractivity contribution >= 4 is 15.9 Å². The van der Waals surface area contributed by atoms with Crippen LogP contribution in [0.4, 0.5) is 0 Å². The third kappa shape index (κ3) is 1.66. The van der Waals surface area contributed by atoms with Gasteiger partial charge >= 0.3 is 0 Å². The van der Waals surface area contributed by atoms with Crippen LogP contribution in [0.15, 0.2) is 28.7 Å². The maximum atomic E-state index is 5.95. The largest absolute Gasteiger partial charge is 0.317 e. The van der Waals surface area contributed by atoms with E-state index in [4.69, 9.17) is 5.73 Å². The molecule has 1 unspecified atom stereocenters. The van der Waals surface area contributed by atoms with Gasteiger partial charge in [-0.05, 0) is 11.6 Å². The lowest BCUT2D eigenvalue weighted by molar-refractivity contribution is 0.781. The Labute approximate surface area is 88.8 Å². The van der Waals surface area contributed by atoms with Gasteiger partial charge in [0.25, 0.3) is 0 Å². The van der Waals surface area contributed by atoms with Crippen molar-refractivity contribution in [1.29, 1.82) is 0 Å². The summed E-state index contributed by atoms with van der Waals surface area (Å²) in [5, 5.41) is 13.5. The van der Waals surface area contributed by atoms with Crippen LogP contribution in [0.25, 0.3) is 0 Å². The number of nitrogens with zero attached hydrogens (tertiary/aromatic N) is 3. The first kappa shape index (κ1) is 9.29. The lowest BCUT2D eigenvalue weighted by Crippen LogP contribution is -2.14. The first-order chi connectivity index (χ1) is 6.79. The average Bonchev–Trinajstić information content (AvgIpc) is 2.70. The topological polar surface area (TPSA) is 80.5 Å². The molecule has 1 aromatic heterocycles. The predicted octanol–water partition coefficient (Wildman–Crippen LogP) is 1.01. The Balaban J connectivity index is 2.37. The SMILES string of the molecule is NC(c1nn[nH]n1)c1ccccc1Br. The van der Waals surface area contributed by atoms with Gasteiger partial charge in [0.2, 0.25) is 0 Å². The quantitative estimate of drug-likeness (QED) is 0.838. The molecular weight excluding hydrogens is 246 g/mol. The standard InChI is InChI=1S/C8H8BrN5/c9-6-4-2-1-3-5(6)7(10)8-11-13-14-12-8/h1-4,7H,10H2,(H,11,12,13,14). The van der Waals surface area contributed by atoms with Crippen LogP contribution >= 0.6 is 15.9 Å². The van der Waals surface area contributed by atoms with Gasteiger partial charge in [-0.2, -0.15) is 5.21 Å². The van der Waals surface area contributed by atoms with Crippen LogP contribution in [0.2, 0.25) is 0 Å². The molecule has 0 saturated carbocycles. The van der Waals surface area contributed by atoms with Gasteiger partial charge in [0.1, 0.15) is 0 Å². The third-order valence-electron chi connectivity index (χ3n) is 1.88. The molecule has 6 heteroatoms. The number of benzene rings is 1. The number of aromatic nitrogens is 4. The number of rotatable bonds is 2. The zero-order chi connectivity index (χ0) is 9.97. The van der Waals surface area contributed by atoms with E-state index in [-0.39, 0.29) is 6.04 Å². The molecule has 1 atom stereocenters. The van der Waals surface area contributed by atoms with Crippen LogP contribution in [0, 0.1) is 0 Å². The van der Waals surface area contributed by atoms with E-state index in [1.54, 1.807) is 0 Å². The van der Waals surface area contributed by atoms with Crippen molar-refractivity contribution in [3.8, 4) is 0 Å². The minimum atomic E-state index is -0.357. The molecule has 3 N–H and O–H groups in total. The molecule has 0 aliphatic carbocycles. The average molecular weight is 254 g/mol. The summed E-state index contributed by atoms with van der Waals surface area (Å²) in [4.78, 5) is 0. The van der Waals surface area contributed by atoms with Gasteiger partial charge in [-0.3, -0.25) is 0 Å². The Kier molecular flexibility index (Phi) is 2.55. The molecule has 0 bridgehead atoms. The summed E-state index contributed by atoms with van der Waals surface area (Å²) in [6.45, 7) is 0. The molecule has 0 saturated heterocycles. The van der Waals surface area contributed by atoms with Gasteiger partial charge in [0.05, 0.1) is 6.04 Å². The Morgan fingerprint density at radius 3 is 2.79 bits per heavy atom. The Morgan fingerprint density at radius 2 is 2.14 bits per heavy atom. The number of nitrogens with one attached hydrogen (secondary N) is 1. The van der Waals surface area contributed by atoms with E-state index in [0.29, 0.717) is 5.82 Å². The summed E-state index contributed by atoms with van der Waals surface area (Å²) in [7, 11) is 0. The maximum Gasteiger partial charge on any atom is 0.195 e. The number of halogens is 1. The summed E-state index contributed by atoms with van der Waals surface area (Å²) in [6.07, 6.45) is 0. The monoisotopic (exact) mass is 253 g/mol. The highest BCUT2D eigenvalue weighted by Gasteiger charge is 2.15. The van der Waals surface area contributed by atoms with Crippen molar-refractivity contribution in [2.45, 2.75) is 6.04 Å². The first-order valence-electron chi connectivity index (χ1n) is 4.02. The minimum absolute atomic E-state index is 0.357.